The lowest BCUT2D eigenvalue weighted by atomic mass is 10.1. The molecular formula is C15H10F3N3O5S. The molecule has 1 aromatic heterocycles. The number of nitro groups is 1. The average Bonchev–Trinajstić information content (AvgIpc) is 3.10. The van der Waals surface area contributed by atoms with Crippen molar-refractivity contribution < 1.29 is 32.4 Å². The predicted molar refractivity (Wildman–Crippen MR) is 88.8 cm³/mol. The molecule has 0 spiro atoms. The van der Waals surface area contributed by atoms with Crippen LogP contribution in [-0.2, 0) is 20.5 Å². The number of alkyl halides is 3. The maximum absolute atomic E-state index is 12.6. The van der Waals surface area contributed by atoms with Gasteiger partial charge in [-0.1, -0.05) is 0 Å². The number of amides is 1. The van der Waals surface area contributed by atoms with Crippen LogP contribution in [0.4, 0.5) is 24.5 Å². The molecule has 0 aliphatic heterocycles. The minimum atomic E-state index is -4.77. The Kier molecular flexibility index (Phi) is 6.23. The summed E-state index contributed by atoms with van der Waals surface area (Å²) < 4.78 is 42.5. The number of esters is 1. The molecule has 1 amide bonds. The van der Waals surface area contributed by atoms with E-state index in [4.69, 9.17) is 0 Å². The Morgan fingerprint density at radius 1 is 1.37 bits per heavy atom. The third kappa shape index (κ3) is 5.88. The largest absolute Gasteiger partial charge is 0.452 e. The van der Waals surface area contributed by atoms with Crippen LogP contribution in [0.5, 0.6) is 0 Å². The monoisotopic (exact) mass is 401 g/mol. The minimum Gasteiger partial charge on any atom is -0.452 e. The van der Waals surface area contributed by atoms with Crippen LogP contribution in [0.2, 0.25) is 0 Å². The lowest BCUT2D eigenvalue weighted by molar-refractivity contribution is -0.384. The number of aromatic nitrogens is 1. The van der Waals surface area contributed by atoms with Gasteiger partial charge in [0, 0.05) is 23.7 Å². The molecule has 0 aliphatic rings. The van der Waals surface area contributed by atoms with Gasteiger partial charge in [0.05, 0.1) is 10.5 Å². The Labute approximate surface area is 153 Å². The number of ether oxygens (including phenoxy) is 1. The normalized spacial score (nSPS) is 11.4. The zero-order chi connectivity index (χ0) is 20.0. The van der Waals surface area contributed by atoms with Crippen molar-refractivity contribution in [3.63, 3.8) is 0 Å². The van der Waals surface area contributed by atoms with Crippen molar-refractivity contribution in [1.82, 2.24) is 4.98 Å². The van der Waals surface area contributed by atoms with Crippen molar-refractivity contribution in [2.24, 2.45) is 0 Å². The number of benzene rings is 1. The van der Waals surface area contributed by atoms with E-state index in [1.807, 2.05) is 5.32 Å². The quantitative estimate of drug-likeness (QED) is 0.344. The molecule has 1 aromatic carbocycles. The van der Waals surface area contributed by atoms with Gasteiger partial charge in [0.25, 0.3) is 11.6 Å². The van der Waals surface area contributed by atoms with Gasteiger partial charge in [-0.05, 0) is 18.2 Å². The van der Waals surface area contributed by atoms with Crippen LogP contribution in [0.15, 0.2) is 35.9 Å². The van der Waals surface area contributed by atoms with E-state index in [0.29, 0.717) is 17.1 Å². The zero-order valence-electron chi connectivity index (χ0n) is 13.2. The second-order valence-corrected chi connectivity index (χ2v) is 5.77. The number of carbonyl (C=O) groups is 2. The number of halogens is 3. The van der Waals surface area contributed by atoms with Gasteiger partial charge in [0.2, 0.25) is 0 Å². The summed E-state index contributed by atoms with van der Waals surface area (Å²) in [7, 11) is 0. The average molecular weight is 401 g/mol. The van der Waals surface area contributed by atoms with Gasteiger partial charge in [-0.3, -0.25) is 14.9 Å². The van der Waals surface area contributed by atoms with Gasteiger partial charge in [0.15, 0.2) is 6.61 Å². The molecule has 12 heteroatoms. The van der Waals surface area contributed by atoms with Crippen LogP contribution >= 0.6 is 11.3 Å². The van der Waals surface area contributed by atoms with E-state index < -0.39 is 46.5 Å². The summed E-state index contributed by atoms with van der Waals surface area (Å²) in [6.07, 6.45) is -0.842. The van der Waals surface area contributed by atoms with Crippen molar-refractivity contribution in [3.05, 3.63) is 56.5 Å². The zero-order valence-corrected chi connectivity index (χ0v) is 14.0. The van der Waals surface area contributed by atoms with Gasteiger partial charge in [-0.2, -0.15) is 13.2 Å². The Hall–Kier alpha value is -3.28. The fourth-order valence-corrected chi connectivity index (χ4v) is 2.32. The first-order valence-electron chi connectivity index (χ1n) is 7.06. The van der Waals surface area contributed by atoms with Crippen molar-refractivity contribution in [3.8, 4) is 0 Å². The van der Waals surface area contributed by atoms with E-state index in [1.165, 1.54) is 23.6 Å². The summed E-state index contributed by atoms with van der Waals surface area (Å²) in [4.78, 5) is 37.0. The van der Waals surface area contributed by atoms with E-state index in [2.05, 4.69) is 9.72 Å². The highest BCUT2D eigenvalue weighted by molar-refractivity contribution is 7.10. The second kappa shape index (κ2) is 8.40. The lowest BCUT2D eigenvalue weighted by Gasteiger charge is -2.10. The molecule has 1 N–H and O–H groups in total. The molecule has 0 saturated carbocycles. The maximum atomic E-state index is 12.6. The Bertz CT molecular complexity index is 881. The second-order valence-electron chi connectivity index (χ2n) is 4.85. The minimum absolute atomic E-state index is 0.304. The molecule has 0 radical (unpaired) electrons. The lowest BCUT2D eigenvalue weighted by Crippen LogP contribution is -2.21. The van der Waals surface area contributed by atoms with Crippen LogP contribution in [-0.4, -0.2) is 28.4 Å². The number of anilines is 1. The van der Waals surface area contributed by atoms with E-state index in [1.54, 1.807) is 5.38 Å². The first-order valence-corrected chi connectivity index (χ1v) is 7.94. The molecule has 2 aromatic rings. The van der Waals surface area contributed by atoms with Gasteiger partial charge >= 0.3 is 12.1 Å². The molecule has 1 heterocycles. The van der Waals surface area contributed by atoms with Crippen LogP contribution in [0.25, 0.3) is 6.08 Å². The Morgan fingerprint density at radius 3 is 2.70 bits per heavy atom. The van der Waals surface area contributed by atoms with Gasteiger partial charge in [-0.25, -0.2) is 9.78 Å². The van der Waals surface area contributed by atoms with E-state index in [0.717, 1.165) is 12.1 Å². The van der Waals surface area contributed by atoms with Crippen LogP contribution in [0, 0.1) is 10.1 Å². The van der Waals surface area contributed by atoms with Crippen molar-refractivity contribution >= 4 is 40.7 Å². The van der Waals surface area contributed by atoms with Crippen LogP contribution in [0.1, 0.15) is 10.6 Å². The number of carbonyl (C=O) groups excluding carboxylic acids is 2. The van der Waals surface area contributed by atoms with Gasteiger partial charge in [-0.15, -0.1) is 11.3 Å². The number of rotatable bonds is 6. The Morgan fingerprint density at radius 2 is 2.11 bits per heavy atom. The molecule has 142 valence electrons. The summed E-state index contributed by atoms with van der Waals surface area (Å²) in [6.45, 7) is -0.779. The van der Waals surface area contributed by atoms with Crippen molar-refractivity contribution in [2.45, 2.75) is 6.18 Å². The number of nitrogens with one attached hydrogen (secondary N) is 1. The van der Waals surface area contributed by atoms with E-state index >= 15 is 0 Å². The fraction of sp³-hybridized carbons (Fsp3) is 0.133. The van der Waals surface area contributed by atoms with Gasteiger partial charge in [0.1, 0.15) is 10.7 Å². The number of nitro benzene ring substituents is 1. The summed E-state index contributed by atoms with van der Waals surface area (Å²) in [6, 6.07) is 1.65. The first-order chi connectivity index (χ1) is 12.7. The fourth-order valence-electron chi connectivity index (χ4n) is 1.79. The summed E-state index contributed by atoms with van der Waals surface area (Å²) in [5.41, 5.74) is -2.62. The predicted octanol–water partition coefficient (Wildman–Crippen LogP) is 3.27. The summed E-state index contributed by atoms with van der Waals surface area (Å²) >= 11 is 1.27. The molecule has 27 heavy (non-hydrogen) atoms. The number of hydrogen-bond acceptors (Lipinski definition) is 7. The maximum Gasteiger partial charge on any atom is 0.416 e. The Balaban J connectivity index is 1.98. The molecular weight excluding hydrogens is 391 g/mol. The highest BCUT2D eigenvalue weighted by Crippen LogP contribution is 2.34. The smallest absolute Gasteiger partial charge is 0.416 e. The number of nitrogens with zero attached hydrogens (tertiary/aromatic N) is 2. The standard InChI is InChI=1S/C15H10F3N3O5S/c16-15(17,18)9-1-2-10(11(7-9)21(24)25)20-12(22)8-26-14(23)4-3-13-19-5-6-27-13/h1-7H,8H2,(H,20,22). The molecule has 2 rings (SSSR count). The molecule has 0 aliphatic carbocycles. The molecule has 0 fully saturated rings. The van der Waals surface area contributed by atoms with E-state index in [9.17, 15) is 32.9 Å². The highest BCUT2D eigenvalue weighted by atomic mass is 32.1. The molecule has 0 saturated heterocycles. The molecule has 0 unspecified atom stereocenters. The third-order valence-electron chi connectivity index (χ3n) is 2.95. The van der Waals surface area contributed by atoms with E-state index in [-0.39, 0.29) is 0 Å². The number of thiazole rings is 1. The SMILES string of the molecule is O=C(COC(=O)C=Cc1nccs1)Nc1ccc(C(F)(F)F)cc1[N+](=O)[O-]. The van der Waals surface area contributed by atoms with Gasteiger partial charge < -0.3 is 10.1 Å². The van der Waals surface area contributed by atoms with Crippen LogP contribution in [0.3, 0.4) is 0 Å². The topological polar surface area (TPSA) is 111 Å². The molecule has 8 nitrogen and oxygen atoms in total. The molecule has 0 atom stereocenters. The van der Waals surface area contributed by atoms with Crippen LogP contribution < -0.4 is 5.32 Å². The first kappa shape index (κ1) is 20.0. The molecule has 0 bridgehead atoms. The number of hydrogen-bond donors (Lipinski definition) is 1. The summed E-state index contributed by atoms with van der Waals surface area (Å²) in [5.74, 6) is -1.81. The summed E-state index contributed by atoms with van der Waals surface area (Å²) in [5, 5.41) is 15.2. The third-order valence-corrected chi connectivity index (χ3v) is 3.70. The van der Waals surface area contributed by atoms with Crippen molar-refractivity contribution in [1.29, 1.82) is 0 Å². The highest BCUT2D eigenvalue weighted by Gasteiger charge is 2.33. The van der Waals surface area contributed by atoms with Crippen molar-refractivity contribution in [2.75, 3.05) is 11.9 Å².